The first-order valence-corrected chi connectivity index (χ1v) is 23.1. The van der Waals surface area contributed by atoms with Gasteiger partial charge in [-0.05, 0) is 108 Å². The molecule has 5 aliphatic heterocycles. The van der Waals surface area contributed by atoms with Gasteiger partial charge in [0.2, 0.25) is 0 Å². The van der Waals surface area contributed by atoms with Crippen molar-refractivity contribution in [2.45, 2.75) is 209 Å². The molecule has 0 radical (unpaired) electrons. The lowest BCUT2D eigenvalue weighted by Gasteiger charge is -2.55. The number of hydrogen-bond acceptors (Lipinski definition) is 10. The molecule has 9 rings (SSSR count). The molecule has 0 aromatic carbocycles. The summed E-state index contributed by atoms with van der Waals surface area (Å²) in [6.45, 7) is 11.2. The van der Waals surface area contributed by atoms with Crippen molar-refractivity contribution in [3.8, 4) is 0 Å². The minimum absolute atomic E-state index is 0.00652. The molecule has 10 heteroatoms. The third-order valence-corrected chi connectivity index (χ3v) is 17.9. The van der Waals surface area contributed by atoms with Crippen LogP contribution in [-0.4, -0.2) is 116 Å². The minimum Gasteiger partial charge on any atom is -0.376 e. The van der Waals surface area contributed by atoms with E-state index in [0.717, 1.165) is 44.4 Å². The van der Waals surface area contributed by atoms with Gasteiger partial charge in [-0.15, -0.1) is 0 Å². The summed E-state index contributed by atoms with van der Waals surface area (Å²) >= 11 is 0. The summed E-state index contributed by atoms with van der Waals surface area (Å²) in [7, 11) is 2.38. The normalized spacial score (nSPS) is 50.5. The highest BCUT2D eigenvalue weighted by Crippen LogP contribution is 2.62. The number of carbonyl (C=O) groups is 1. The van der Waals surface area contributed by atoms with Crippen molar-refractivity contribution in [2.24, 2.45) is 45.5 Å². The summed E-state index contributed by atoms with van der Waals surface area (Å²) in [6.07, 6.45) is 19.7. The van der Waals surface area contributed by atoms with Crippen molar-refractivity contribution >= 4 is 5.78 Å². The first-order valence-electron chi connectivity index (χ1n) is 23.1. The highest BCUT2D eigenvalue weighted by molar-refractivity contribution is 5.96. The number of ketones is 1. The van der Waals surface area contributed by atoms with Gasteiger partial charge in [-0.1, -0.05) is 52.9 Å². The molecule has 0 amide bonds. The van der Waals surface area contributed by atoms with Crippen LogP contribution in [0.4, 0.5) is 0 Å². The van der Waals surface area contributed by atoms with Crippen LogP contribution in [0.2, 0.25) is 0 Å². The summed E-state index contributed by atoms with van der Waals surface area (Å²) in [5.41, 5.74) is 12.4. The SMILES string of the molecule is CCC[C@H]1C2N[C@@H](C3CCCCC3)C3N[C@@H](CN)C4N[C@H](COC5CC(N)C5)C5N[C@H](C)CO[C@H](CC6CC7(CCC7)C6)[C@H](C)C(N1C)C2(CC)C(=O)C345. The summed E-state index contributed by atoms with van der Waals surface area (Å²) < 4.78 is 13.9. The van der Waals surface area contributed by atoms with E-state index in [1.54, 1.807) is 0 Å². The minimum atomic E-state index is -0.688. The number of nitrogens with one attached hydrogen (secondary N) is 4. The van der Waals surface area contributed by atoms with E-state index in [4.69, 9.17) is 20.9 Å². The number of carbonyl (C=O) groups excluding carboxylic acids is 1. The molecule has 54 heavy (non-hydrogen) atoms. The van der Waals surface area contributed by atoms with E-state index < -0.39 is 10.8 Å². The van der Waals surface area contributed by atoms with Crippen LogP contribution in [0.15, 0.2) is 0 Å². The Hall–Kier alpha value is -0.690. The van der Waals surface area contributed by atoms with Crippen molar-refractivity contribution in [3.63, 3.8) is 0 Å². The van der Waals surface area contributed by atoms with Gasteiger partial charge >= 0.3 is 0 Å². The fraction of sp³-hybridized carbons (Fsp3) is 0.977. The second-order valence-electron chi connectivity index (χ2n) is 20.8. The van der Waals surface area contributed by atoms with E-state index in [1.165, 1.54) is 64.2 Å². The lowest BCUT2D eigenvalue weighted by atomic mass is 9.50. The smallest absolute Gasteiger partial charge is 0.153 e. The number of likely N-dealkylation sites (tertiary alicyclic amines) is 1. The molecule has 9 fully saturated rings. The molecule has 9 aliphatic rings. The van der Waals surface area contributed by atoms with Gasteiger partial charge in [0.05, 0.1) is 36.3 Å². The van der Waals surface area contributed by atoms with Crippen LogP contribution in [0.3, 0.4) is 0 Å². The Kier molecular flexibility index (Phi) is 10.7. The summed E-state index contributed by atoms with van der Waals surface area (Å²) in [4.78, 5) is 19.8. The van der Waals surface area contributed by atoms with Crippen LogP contribution >= 0.6 is 0 Å². The van der Waals surface area contributed by atoms with E-state index in [0.29, 0.717) is 42.9 Å². The van der Waals surface area contributed by atoms with Crippen LogP contribution in [0.5, 0.6) is 0 Å². The molecule has 2 spiro atoms. The van der Waals surface area contributed by atoms with Gasteiger partial charge in [0.25, 0.3) is 0 Å². The number of likely N-dealkylation sites (N-methyl/N-ethyl adjacent to an activating group) is 1. The van der Waals surface area contributed by atoms with Crippen molar-refractivity contribution < 1.29 is 14.3 Å². The zero-order valence-corrected chi connectivity index (χ0v) is 34.5. The Morgan fingerprint density at radius 1 is 0.926 bits per heavy atom. The topological polar surface area (TPSA) is 139 Å². The number of nitrogens with zero attached hydrogens (tertiary/aromatic N) is 1. The average molecular weight is 752 g/mol. The molecule has 5 saturated heterocycles. The number of hydrogen-bond donors (Lipinski definition) is 6. The van der Waals surface area contributed by atoms with Gasteiger partial charge in [0, 0.05) is 73.0 Å². The molecule has 0 aromatic rings. The lowest BCUT2D eigenvalue weighted by Crippen LogP contribution is -2.67. The van der Waals surface area contributed by atoms with Gasteiger partial charge in [0.1, 0.15) is 0 Å². The molecular formula is C44H77N7O3. The summed E-state index contributed by atoms with van der Waals surface area (Å²) in [5, 5.41) is 17.1. The summed E-state index contributed by atoms with van der Waals surface area (Å²) in [6, 6.07) is 0.783. The van der Waals surface area contributed by atoms with E-state index in [1.807, 2.05) is 0 Å². The van der Waals surface area contributed by atoms with Crippen molar-refractivity contribution in [1.29, 1.82) is 0 Å². The number of Topliss-reactive ketones (excluding diaryl/α,β-unsaturated/α-hetero) is 1. The average Bonchev–Trinajstić information content (AvgIpc) is 3.67. The predicted molar refractivity (Wildman–Crippen MR) is 214 cm³/mol. The van der Waals surface area contributed by atoms with Crippen LogP contribution in [-0.2, 0) is 14.3 Å². The van der Waals surface area contributed by atoms with Gasteiger partial charge in [0.15, 0.2) is 5.78 Å². The van der Waals surface area contributed by atoms with E-state index in [-0.39, 0.29) is 78.5 Å². The van der Waals surface area contributed by atoms with Crippen molar-refractivity contribution in [3.05, 3.63) is 0 Å². The third kappa shape index (κ3) is 5.83. The Morgan fingerprint density at radius 3 is 2.30 bits per heavy atom. The maximum atomic E-state index is 17.1. The van der Waals surface area contributed by atoms with E-state index in [9.17, 15) is 0 Å². The molecule has 306 valence electrons. The monoisotopic (exact) mass is 752 g/mol. The highest BCUT2D eigenvalue weighted by Gasteiger charge is 2.78. The molecular weight excluding hydrogens is 675 g/mol. The maximum absolute atomic E-state index is 17.1. The molecule has 2 bridgehead atoms. The highest BCUT2D eigenvalue weighted by atomic mass is 16.5. The van der Waals surface area contributed by atoms with Gasteiger partial charge in [-0.3, -0.25) is 9.69 Å². The molecule has 4 saturated carbocycles. The fourth-order valence-corrected chi connectivity index (χ4v) is 15.3. The maximum Gasteiger partial charge on any atom is 0.153 e. The lowest BCUT2D eigenvalue weighted by molar-refractivity contribution is -0.145. The predicted octanol–water partition coefficient (Wildman–Crippen LogP) is 3.84. The quantitative estimate of drug-likeness (QED) is 0.195. The third-order valence-electron chi connectivity index (χ3n) is 17.9. The molecule has 14 atom stereocenters. The number of rotatable bonds is 10. The first-order chi connectivity index (χ1) is 26.1. The van der Waals surface area contributed by atoms with Crippen molar-refractivity contribution in [2.75, 3.05) is 26.8 Å². The molecule has 4 aliphatic carbocycles. The van der Waals surface area contributed by atoms with Crippen molar-refractivity contribution in [1.82, 2.24) is 26.2 Å². The van der Waals surface area contributed by atoms with E-state index in [2.05, 4.69) is 60.9 Å². The van der Waals surface area contributed by atoms with Crippen LogP contribution < -0.4 is 32.7 Å². The second-order valence-corrected chi connectivity index (χ2v) is 20.8. The Labute approximate surface area is 326 Å². The van der Waals surface area contributed by atoms with Crippen LogP contribution in [0, 0.1) is 34.0 Å². The van der Waals surface area contributed by atoms with E-state index >= 15 is 4.79 Å². The standard InChI is InChI=1S/C44H77N7O3/c1-6-12-33-38-43(7-2)40(51(33)5)26(4)34(17-27-20-42(21-27)15-11-16-42)54-23-25(3)47-37-32(24-53-30-18-29(46)19-30)49-36-31(22-45)48-39(44(36,37)41(43)52)35(50-38)28-13-9-8-10-14-28/h25-40,47-50H,6-24,45-46H2,1-5H3/t25-,26+,29?,30?,31+,32-,33+,34-,35+,36?,37?,38?,39?,40?,43?,44?/m1/s1. The molecule has 7 unspecified atom stereocenters. The van der Waals surface area contributed by atoms with Gasteiger partial charge in [-0.25, -0.2) is 0 Å². The number of nitrogens with two attached hydrogens (primary N) is 2. The second kappa shape index (κ2) is 14.8. The molecule has 8 N–H and O–H groups in total. The molecule has 10 nitrogen and oxygen atoms in total. The van der Waals surface area contributed by atoms with Crippen LogP contribution in [0.25, 0.3) is 0 Å². The van der Waals surface area contributed by atoms with Gasteiger partial charge in [-0.2, -0.15) is 0 Å². The molecule has 5 heterocycles. The fourth-order valence-electron chi connectivity index (χ4n) is 15.3. The Balaban J connectivity index is 1.18. The van der Waals surface area contributed by atoms with Gasteiger partial charge < -0.3 is 42.2 Å². The number of ether oxygens (including phenoxy) is 2. The zero-order chi connectivity index (χ0) is 37.6. The first kappa shape index (κ1) is 38.8. The largest absolute Gasteiger partial charge is 0.376 e. The molecule has 0 aromatic heterocycles. The Bertz CT molecular complexity index is 1340. The Morgan fingerprint density at radius 2 is 1.65 bits per heavy atom. The summed E-state index contributed by atoms with van der Waals surface area (Å²) in [5.74, 6) is 1.98. The van der Waals surface area contributed by atoms with Crippen LogP contribution in [0.1, 0.15) is 130 Å². The zero-order valence-electron chi connectivity index (χ0n) is 34.5.